The highest BCUT2D eigenvalue weighted by Crippen LogP contribution is 2.36. The van der Waals surface area contributed by atoms with Gasteiger partial charge in [-0.15, -0.1) is 11.3 Å². The number of nitrogens with one attached hydrogen (secondary N) is 1. The Morgan fingerprint density at radius 3 is 2.45 bits per heavy atom. The molecule has 3 aromatic rings. The third-order valence-corrected chi connectivity index (χ3v) is 6.29. The minimum absolute atomic E-state index is 0.0609. The topological polar surface area (TPSA) is 61.8 Å². The van der Waals surface area contributed by atoms with Crippen LogP contribution in [0, 0.1) is 27.7 Å². The molecule has 1 aromatic heterocycles. The molecule has 0 spiro atoms. The van der Waals surface area contributed by atoms with E-state index in [1.165, 1.54) is 0 Å². The van der Waals surface area contributed by atoms with E-state index < -0.39 is 0 Å². The molecule has 5 nitrogen and oxygen atoms in total. The van der Waals surface area contributed by atoms with Crippen LogP contribution in [0.15, 0.2) is 52.8 Å². The molecule has 0 radical (unpaired) electrons. The van der Waals surface area contributed by atoms with Gasteiger partial charge in [0.15, 0.2) is 0 Å². The van der Waals surface area contributed by atoms with E-state index in [0.29, 0.717) is 5.69 Å². The summed E-state index contributed by atoms with van der Waals surface area (Å²) < 4.78 is 0. The average Bonchev–Trinajstić information content (AvgIpc) is 3.18. The van der Waals surface area contributed by atoms with E-state index in [1.54, 1.807) is 16.2 Å². The van der Waals surface area contributed by atoms with Crippen molar-refractivity contribution >= 4 is 45.9 Å². The number of fused-ring (bicyclic) bond motifs is 1. The zero-order valence-electron chi connectivity index (χ0n) is 18.2. The molecule has 0 fully saturated rings. The number of hydrogen-bond acceptors (Lipinski definition) is 4. The van der Waals surface area contributed by atoms with Crippen LogP contribution in [0.3, 0.4) is 0 Å². The Morgan fingerprint density at radius 1 is 1.06 bits per heavy atom. The van der Waals surface area contributed by atoms with Crippen molar-refractivity contribution in [2.75, 3.05) is 16.8 Å². The first-order valence-electron chi connectivity index (χ1n) is 10.2. The zero-order chi connectivity index (χ0) is 22.1. The van der Waals surface area contributed by atoms with Gasteiger partial charge in [0.05, 0.1) is 23.5 Å². The lowest BCUT2D eigenvalue weighted by Gasteiger charge is -2.23. The van der Waals surface area contributed by atoms with E-state index in [2.05, 4.69) is 11.4 Å². The Bertz CT molecular complexity index is 1180. The monoisotopic (exact) mass is 431 g/mol. The van der Waals surface area contributed by atoms with Crippen LogP contribution < -0.4 is 10.2 Å². The molecule has 158 valence electrons. The maximum Gasteiger partial charge on any atom is 0.244 e. The summed E-state index contributed by atoms with van der Waals surface area (Å²) in [5.74, 6) is -0.369. The van der Waals surface area contributed by atoms with Crippen LogP contribution >= 0.6 is 11.3 Å². The van der Waals surface area contributed by atoms with Crippen molar-refractivity contribution in [3.63, 3.8) is 0 Å². The summed E-state index contributed by atoms with van der Waals surface area (Å²) in [6.45, 7) is 7.95. The zero-order valence-corrected chi connectivity index (χ0v) is 19.0. The highest BCUT2D eigenvalue weighted by atomic mass is 32.1. The van der Waals surface area contributed by atoms with Crippen LogP contribution in [-0.2, 0) is 9.59 Å². The van der Waals surface area contributed by atoms with Crippen molar-refractivity contribution in [3.8, 4) is 0 Å². The van der Waals surface area contributed by atoms with Gasteiger partial charge in [0.1, 0.15) is 6.54 Å². The molecule has 1 aliphatic heterocycles. The van der Waals surface area contributed by atoms with Crippen LogP contribution in [0.1, 0.15) is 33.6 Å². The van der Waals surface area contributed by atoms with Crippen molar-refractivity contribution in [1.82, 2.24) is 0 Å². The van der Waals surface area contributed by atoms with Crippen molar-refractivity contribution in [2.24, 2.45) is 4.99 Å². The van der Waals surface area contributed by atoms with Crippen molar-refractivity contribution in [3.05, 3.63) is 75.0 Å². The molecule has 1 N–H and O–H groups in total. The molecule has 1 aliphatic rings. The Balaban J connectivity index is 1.66. The van der Waals surface area contributed by atoms with Gasteiger partial charge < -0.3 is 10.2 Å². The summed E-state index contributed by atoms with van der Waals surface area (Å²) in [4.78, 5) is 33.5. The first-order valence-corrected chi connectivity index (χ1v) is 11.1. The highest BCUT2D eigenvalue weighted by Gasteiger charge is 2.27. The second-order valence-electron chi connectivity index (χ2n) is 8.04. The Morgan fingerprint density at radius 2 is 1.77 bits per heavy atom. The Labute approximate surface area is 186 Å². The molecule has 2 amide bonds. The first kappa shape index (κ1) is 21.0. The number of hydrogen-bond donors (Lipinski definition) is 1. The first-order chi connectivity index (χ1) is 14.8. The summed E-state index contributed by atoms with van der Waals surface area (Å²) in [6.07, 6.45) is 0.157. The number of nitrogens with zero attached hydrogens (tertiary/aromatic N) is 2. The van der Waals surface area contributed by atoms with Gasteiger partial charge in [0.25, 0.3) is 0 Å². The van der Waals surface area contributed by atoms with Crippen molar-refractivity contribution in [2.45, 2.75) is 34.1 Å². The lowest BCUT2D eigenvalue weighted by Crippen LogP contribution is -2.38. The van der Waals surface area contributed by atoms with E-state index in [0.717, 1.165) is 44.2 Å². The van der Waals surface area contributed by atoms with Gasteiger partial charge in [-0.05, 0) is 85.7 Å². The normalized spacial score (nSPS) is 13.5. The molecule has 0 aliphatic carbocycles. The Kier molecular flexibility index (Phi) is 5.74. The molecule has 0 saturated heterocycles. The molecule has 4 rings (SSSR count). The van der Waals surface area contributed by atoms with Gasteiger partial charge in [-0.3, -0.25) is 9.59 Å². The van der Waals surface area contributed by atoms with Gasteiger partial charge in [0, 0.05) is 10.6 Å². The number of carbonyl (C=O) groups excluding carboxylic acids is 2. The molecule has 2 aromatic carbocycles. The quantitative estimate of drug-likeness (QED) is 0.595. The van der Waals surface area contributed by atoms with Gasteiger partial charge in [0.2, 0.25) is 11.8 Å². The predicted molar refractivity (Wildman–Crippen MR) is 128 cm³/mol. The standard InChI is InChI=1S/C25H25N3O2S/c1-15-8-16(2)10-19(9-15)26-24(29)14-28-22-12-18(4)17(3)11-20(22)27-21(13-25(28)30)23-6-5-7-31-23/h5-12H,13-14H2,1-4H3,(H,26,29). The number of aryl methyl sites for hydroxylation is 4. The fraction of sp³-hybridized carbons (Fsp3) is 0.240. The number of anilines is 2. The van der Waals surface area contributed by atoms with E-state index in [1.807, 2.05) is 69.5 Å². The van der Waals surface area contributed by atoms with Crippen LogP contribution in [0.4, 0.5) is 17.1 Å². The van der Waals surface area contributed by atoms with Crippen molar-refractivity contribution < 1.29 is 9.59 Å². The molecule has 0 bridgehead atoms. The minimum atomic E-state index is -0.234. The fourth-order valence-electron chi connectivity index (χ4n) is 3.80. The third-order valence-electron chi connectivity index (χ3n) is 5.37. The second kappa shape index (κ2) is 8.47. The molecule has 0 saturated carbocycles. The molecule has 0 atom stereocenters. The number of carbonyl (C=O) groups is 2. The summed E-state index contributed by atoms with van der Waals surface area (Å²) in [5.41, 5.74) is 7.18. The number of thiophene rings is 1. The van der Waals surface area contributed by atoms with E-state index >= 15 is 0 Å². The maximum absolute atomic E-state index is 13.2. The predicted octanol–water partition coefficient (Wildman–Crippen LogP) is 5.48. The molecular formula is C25H25N3O2S. The fourth-order valence-corrected chi connectivity index (χ4v) is 4.51. The third kappa shape index (κ3) is 4.59. The van der Waals surface area contributed by atoms with Crippen LogP contribution in [0.5, 0.6) is 0 Å². The summed E-state index contributed by atoms with van der Waals surface area (Å²) in [6, 6.07) is 13.8. The van der Waals surface area contributed by atoms with Crippen molar-refractivity contribution in [1.29, 1.82) is 0 Å². The molecule has 0 unspecified atom stereocenters. The second-order valence-corrected chi connectivity index (χ2v) is 8.99. The lowest BCUT2D eigenvalue weighted by atomic mass is 10.1. The molecule has 6 heteroatoms. The largest absolute Gasteiger partial charge is 0.325 e. The van der Waals surface area contributed by atoms with E-state index in [4.69, 9.17) is 4.99 Å². The maximum atomic E-state index is 13.2. The number of benzene rings is 2. The number of rotatable bonds is 4. The van der Waals surface area contributed by atoms with Gasteiger partial charge in [-0.1, -0.05) is 12.1 Å². The lowest BCUT2D eigenvalue weighted by molar-refractivity contribution is -0.120. The van der Waals surface area contributed by atoms with Crippen LogP contribution in [0.25, 0.3) is 0 Å². The van der Waals surface area contributed by atoms with Gasteiger partial charge in [-0.25, -0.2) is 4.99 Å². The highest BCUT2D eigenvalue weighted by molar-refractivity contribution is 7.12. The summed E-state index contributed by atoms with van der Waals surface area (Å²) >= 11 is 1.56. The van der Waals surface area contributed by atoms with Gasteiger partial charge >= 0.3 is 0 Å². The SMILES string of the molecule is Cc1cc(C)cc(NC(=O)CN2C(=O)CC(c3cccs3)=Nc3cc(C)c(C)cc32)c1. The van der Waals surface area contributed by atoms with E-state index in [-0.39, 0.29) is 24.8 Å². The number of aliphatic imine (C=N–C) groups is 1. The van der Waals surface area contributed by atoms with Crippen LogP contribution in [0.2, 0.25) is 0 Å². The molecular weight excluding hydrogens is 406 g/mol. The van der Waals surface area contributed by atoms with Crippen LogP contribution in [-0.4, -0.2) is 24.1 Å². The molecule has 2 heterocycles. The number of amides is 2. The summed E-state index contributed by atoms with van der Waals surface area (Å²) in [5, 5.41) is 4.91. The minimum Gasteiger partial charge on any atom is -0.325 e. The molecule has 31 heavy (non-hydrogen) atoms. The van der Waals surface area contributed by atoms with E-state index in [9.17, 15) is 9.59 Å². The van der Waals surface area contributed by atoms with Gasteiger partial charge in [-0.2, -0.15) is 0 Å². The average molecular weight is 432 g/mol. The Hall–Kier alpha value is -3.25. The smallest absolute Gasteiger partial charge is 0.244 e. The summed E-state index contributed by atoms with van der Waals surface area (Å²) in [7, 11) is 0.